The summed E-state index contributed by atoms with van der Waals surface area (Å²) < 4.78 is 0. The minimum Gasteiger partial charge on any atom is -0.396 e. The van der Waals surface area contributed by atoms with E-state index >= 15 is 0 Å². The van der Waals surface area contributed by atoms with Gasteiger partial charge in [0.15, 0.2) is 0 Å². The van der Waals surface area contributed by atoms with Gasteiger partial charge in [0.25, 0.3) is 0 Å². The van der Waals surface area contributed by atoms with Crippen LogP contribution in [0.15, 0.2) is 0 Å². The Balaban J connectivity index is 2.65. The largest absolute Gasteiger partial charge is 0.396 e. The Morgan fingerprint density at radius 1 is 1.38 bits per heavy atom. The highest BCUT2D eigenvalue weighted by Gasteiger charge is 2.42. The molecule has 0 bridgehead atoms. The molecular formula is C13H27NO2. The number of likely N-dealkylation sites (tertiary alicyclic amines) is 1. The van der Waals surface area contributed by atoms with Crippen LogP contribution >= 0.6 is 0 Å². The van der Waals surface area contributed by atoms with E-state index in [-0.39, 0.29) is 18.1 Å². The van der Waals surface area contributed by atoms with Gasteiger partial charge in [-0.1, -0.05) is 27.2 Å². The van der Waals surface area contributed by atoms with Crippen LogP contribution in [0.4, 0.5) is 0 Å². The molecule has 0 spiro atoms. The van der Waals surface area contributed by atoms with Gasteiger partial charge in [0, 0.05) is 18.5 Å². The van der Waals surface area contributed by atoms with Crippen LogP contribution in [0.5, 0.6) is 0 Å². The predicted molar refractivity (Wildman–Crippen MR) is 66.3 cm³/mol. The maximum Gasteiger partial charge on any atom is 0.0668 e. The summed E-state index contributed by atoms with van der Waals surface area (Å²) in [6.07, 6.45) is 3.03. The van der Waals surface area contributed by atoms with Crippen LogP contribution in [-0.4, -0.2) is 47.5 Å². The molecule has 96 valence electrons. The monoisotopic (exact) mass is 229 g/mol. The summed E-state index contributed by atoms with van der Waals surface area (Å²) in [6, 6.07) is 0. The molecule has 0 aromatic carbocycles. The Kier molecular flexibility index (Phi) is 5.22. The van der Waals surface area contributed by atoms with Gasteiger partial charge in [-0.2, -0.15) is 0 Å². The molecule has 1 aliphatic rings. The second-order valence-electron chi connectivity index (χ2n) is 5.51. The van der Waals surface area contributed by atoms with Crippen LogP contribution in [-0.2, 0) is 0 Å². The van der Waals surface area contributed by atoms with E-state index in [2.05, 4.69) is 18.7 Å². The zero-order valence-corrected chi connectivity index (χ0v) is 10.9. The van der Waals surface area contributed by atoms with E-state index in [1.54, 1.807) is 0 Å². The molecule has 3 heteroatoms. The summed E-state index contributed by atoms with van der Waals surface area (Å²) >= 11 is 0. The number of aliphatic hydroxyl groups excluding tert-OH is 2. The zero-order chi connectivity index (χ0) is 12.2. The fraction of sp³-hybridized carbons (Fsp3) is 1.00. The molecule has 1 rings (SSSR count). The molecule has 3 nitrogen and oxygen atoms in total. The number of nitrogens with zero attached hydrogens (tertiary/aromatic N) is 1. The number of hydrogen-bond donors (Lipinski definition) is 2. The van der Waals surface area contributed by atoms with Crippen molar-refractivity contribution in [1.29, 1.82) is 0 Å². The Bertz CT molecular complexity index is 210. The van der Waals surface area contributed by atoms with Gasteiger partial charge >= 0.3 is 0 Å². The van der Waals surface area contributed by atoms with Crippen LogP contribution in [0.25, 0.3) is 0 Å². The highest BCUT2D eigenvalue weighted by atomic mass is 16.3. The van der Waals surface area contributed by atoms with Crippen molar-refractivity contribution in [1.82, 2.24) is 4.90 Å². The van der Waals surface area contributed by atoms with Crippen molar-refractivity contribution < 1.29 is 10.2 Å². The molecule has 1 fully saturated rings. The summed E-state index contributed by atoms with van der Waals surface area (Å²) in [5, 5.41) is 19.7. The van der Waals surface area contributed by atoms with Crippen LogP contribution < -0.4 is 0 Å². The van der Waals surface area contributed by atoms with Crippen molar-refractivity contribution in [3.63, 3.8) is 0 Å². The van der Waals surface area contributed by atoms with Crippen LogP contribution in [0, 0.1) is 11.3 Å². The van der Waals surface area contributed by atoms with Crippen molar-refractivity contribution in [2.75, 3.05) is 26.2 Å². The molecule has 16 heavy (non-hydrogen) atoms. The number of rotatable bonds is 5. The van der Waals surface area contributed by atoms with E-state index in [4.69, 9.17) is 0 Å². The van der Waals surface area contributed by atoms with Crippen molar-refractivity contribution >= 4 is 0 Å². The summed E-state index contributed by atoms with van der Waals surface area (Å²) in [5.74, 6) is 0.308. The molecule has 1 heterocycles. The maximum atomic E-state index is 10.2. The molecule has 0 aliphatic carbocycles. The number of piperidine rings is 1. The second-order valence-corrected chi connectivity index (χ2v) is 5.51. The van der Waals surface area contributed by atoms with Crippen molar-refractivity contribution in [2.24, 2.45) is 11.3 Å². The highest BCUT2D eigenvalue weighted by Crippen LogP contribution is 2.34. The number of aliphatic hydroxyl groups is 2. The van der Waals surface area contributed by atoms with Crippen molar-refractivity contribution in [2.45, 2.75) is 46.1 Å². The number of unbranched alkanes of at least 4 members (excludes halogenated alkanes) is 1. The van der Waals surface area contributed by atoms with Gasteiger partial charge < -0.3 is 15.1 Å². The Morgan fingerprint density at radius 2 is 2.06 bits per heavy atom. The van der Waals surface area contributed by atoms with E-state index in [1.165, 1.54) is 12.8 Å². The topological polar surface area (TPSA) is 43.7 Å². The molecule has 0 aromatic heterocycles. The molecule has 1 aliphatic heterocycles. The van der Waals surface area contributed by atoms with E-state index in [0.717, 1.165) is 26.1 Å². The van der Waals surface area contributed by atoms with Crippen LogP contribution in [0.1, 0.15) is 40.0 Å². The van der Waals surface area contributed by atoms with E-state index < -0.39 is 0 Å². The van der Waals surface area contributed by atoms with E-state index in [9.17, 15) is 10.2 Å². The van der Waals surface area contributed by atoms with Crippen molar-refractivity contribution in [3.8, 4) is 0 Å². The standard InChI is InChI=1S/C13H27NO2/c1-4-6-7-14-8-11(5-2)12(16)13(3,9-14)10-15/h11-12,15-16H,4-10H2,1-3H3/t11-,12+,13+/m0/s1. The molecule has 2 N–H and O–H groups in total. The molecule has 0 aromatic rings. The Labute approximate surface area is 99.5 Å². The molecular weight excluding hydrogens is 202 g/mol. The lowest BCUT2D eigenvalue weighted by Gasteiger charge is -2.47. The normalized spacial score (nSPS) is 36.6. The molecule has 0 saturated carbocycles. The summed E-state index contributed by atoms with van der Waals surface area (Å²) in [5.41, 5.74) is -0.341. The fourth-order valence-corrected chi connectivity index (χ4v) is 2.72. The summed E-state index contributed by atoms with van der Waals surface area (Å²) in [7, 11) is 0. The molecule has 0 unspecified atom stereocenters. The summed E-state index contributed by atoms with van der Waals surface area (Å²) in [6.45, 7) is 9.28. The Hall–Kier alpha value is -0.120. The van der Waals surface area contributed by atoms with Gasteiger partial charge in [-0.05, 0) is 25.3 Å². The van der Waals surface area contributed by atoms with Gasteiger partial charge in [-0.3, -0.25) is 0 Å². The third-order valence-electron chi connectivity index (χ3n) is 3.95. The first-order chi connectivity index (χ1) is 7.57. The average molecular weight is 229 g/mol. The first-order valence-corrected chi connectivity index (χ1v) is 6.58. The van der Waals surface area contributed by atoms with Crippen LogP contribution in [0.3, 0.4) is 0 Å². The number of hydrogen-bond acceptors (Lipinski definition) is 3. The lowest BCUT2D eigenvalue weighted by atomic mass is 9.73. The fourth-order valence-electron chi connectivity index (χ4n) is 2.72. The van der Waals surface area contributed by atoms with Gasteiger partial charge in [0.2, 0.25) is 0 Å². The van der Waals surface area contributed by atoms with Gasteiger partial charge in [-0.15, -0.1) is 0 Å². The zero-order valence-electron chi connectivity index (χ0n) is 10.9. The van der Waals surface area contributed by atoms with E-state index in [0.29, 0.717) is 5.92 Å². The van der Waals surface area contributed by atoms with Gasteiger partial charge in [0.1, 0.15) is 0 Å². The SMILES string of the molecule is CCCCN1C[C@H](CC)[C@@H](O)[C@@](C)(CO)C1. The minimum atomic E-state index is -0.361. The first-order valence-electron chi connectivity index (χ1n) is 6.58. The highest BCUT2D eigenvalue weighted by molar-refractivity contribution is 4.94. The lowest BCUT2D eigenvalue weighted by Crippen LogP contribution is -2.56. The maximum absolute atomic E-state index is 10.2. The summed E-state index contributed by atoms with van der Waals surface area (Å²) in [4.78, 5) is 2.40. The lowest BCUT2D eigenvalue weighted by molar-refractivity contribution is -0.0995. The quantitative estimate of drug-likeness (QED) is 0.750. The molecule has 3 atom stereocenters. The van der Waals surface area contributed by atoms with Gasteiger partial charge in [0.05, 0.1) is 12.7 Å². The molecule has 0 amide bonds. The van der Waals surface area contributed by atoms with E-state index in [1.807, 2.05) is 6.92 Å². The second kappa shape index (κ2) is 5.99. The third kappa shape index (κ3) is 2.96. The average Bonchev–Trinajstić information content (AvgIpc) is 2.30. The minimum absolute atomic E-state index is 0.0767. The molecule has 0 radical (unpaired) electrons. The predicted octanol–water partition coefficient (Wildman–Crippen LogP) is 1.49. The smallest absolute Gasteiger partial charge is 0.0668 e. The van der Waals surface area contributed by atoms with Crippen LogP contribution in [0.2, 0.25) is 0 Å². The Morgan fingerprint density at radius 3 is 2.56 bits per heavy atom. The molecule has 1 saturated heterocycles. The van der Waals surface area contributed by atoms with Gasteiger partial charge in [-0.25, -0.2) is 0 Å². The first kappa shape index (κ1) is 13.9. The third-order valence-corrected chi connectivity index (χ3v) is 3.95. The van der Waals surface area contributed by atoms with Crippen molar-refractivity contribution in [3.05, 3.63) is 0 Å².